The number of nitrogens with zero attached hydrogens (tertiary/aromatic N) is 1. The summed E-state index contributed by atoms with van der Waals surface area (Å²) in [6.45, 7) is 3.48. The lowest BCUT2D eigenvalue weighted by molar-refractivity contribution is 0.131. The van der Waals surface area contributed by atoms with Gasteiger partial charge in [-0.25, -0.2) is 0 Å². The van der Waals surface area contributed by atoms with Crippen LogP contribution in [0.3, 0.4) is 0 Å². The highest BCUT2D eigenvalue weighted by Crippen LogP contribution is 2.39. The van der Waals surface area contributed by atoms with Gasteiger partial charge >= 0.3 is 0 Å². The number of aromatic hydroxyl groups is 1. The summed E-state index contributed by atoms with van der Waals surface area (Å²) in [4.78, 5) is 0. The fraction of sp³-hybridized carbons (Fsp3) is 0.417. The van der Waals surface area contributed by atoms with Crippen LogP contribution in [0.4, 0.5) is 0 Å². The Morgan fingerprint density at radius 1 is 1.53 bits per heavy atom. The molecule has 0 aliphatic rings. The number of hydrogen-bond acceptors (Lipinski definition) is 4. The first-order valence-corrected chi connectivity index (χ1v) is 5.91. The second-order valence-corrected chi connectivity index (χ2v) is 5.49. The molecule has 0 heterocycles. The number of aliphatic hydroxyl groups is 1. The molecule has 0 amide bonds. The summed E-state index contributed by atoms with van der Waals surface area (Å²) in [5, 5.41) is 28.1. The molecule has 17 heavy (non-hydrogen) atoms. The van der Waals surface area contributed by atoms with Gasteiger partial charge < -0.3 is 15.9 Å². The Morgan fingerprint density at radius 3 is 2.59 bits per heavy atom. The summed E-state index contributed by atoms with van der Waals surface area (Å²) < 4.78 is 0.427. The molecule has 4 nitrogen and oxygen atoms in total. The van der Waals surface area contributed by atoms with E-state index in [-0.39, 0.29) is 12.4 Å². The van der Waals surface area contributed by atoms with Crippen LogP contribution in [0.2, 0.25) is 0 Å². The smallest absolute Gasteiger partial charge is 0.134 e. The van der Waals surface area contributed by atoms with Gasteiger partial charge in [0.05, 0.1) is 16.1 Å². The van der Waals surface area contributed by atoms with Gasteiger partial charge in [-0.3, -0.25) is 0 Å². The molecule has 0 bridgehead atoms. The molecule has 0 radical (unpaired) electrons. The van der Waals surface area contributed by atoms with Crippen LogP contribution in [0.25, 0.3) is 0 Å². The van der Waals surface area contributed by atoms with E-state index in [1.165, 1.54) is 6.07 Å². The van der Waals surface area contributed by atoms with Gasteiger partial charge in [0, 0.05) is 23.6 Å². The maximum Gasteiger partial charge on any atom is 0.134 e. The molecule has 92 valence electrons. The molecule has 1 aromatic rings. The van der Waals surface area contributed by atoms with Crippen molar-refractivity contribution in [2.24, 2.45) is 11.1 Å². The highest BCUT2D eigenvalue weighted by molar-refractivity contribution is 9.10. The van der Waals surface area contributed by atoms with Crippen LogP contribution in [-0.4, -0.2) is 16.8 Å². The number of halogens is 1. The van der Waals surface area contributed by atoms with Crippen LogP contribution in [0.5, 0.6) is 5.75 Å². The SMILES string of the molecule is CC(C)(CO)[C@H](N)c1cc(C#N)cc(Br)c1O. The van der Waals surface area contributed by atoms with E-state index in [0.717, 1.165) is 0 Å². The molecule has 0 spiro atoms. The van der Waals surface area contributed by atoms with E-state index in [9.17, 15) is 10.2 Å². The summed E-state index contributed by atoms with van der Waals surface area (Å²) in [6, 6.07) is 4.51. The molecule has 0 aromatic heterocycles. The number of aliphatic hydroxyl groups excluding tert-OH is 1. The maximum atomic E-state index is 9.93. The number of nitrogens with two attached hydrogens (primary N) is 1. The van der Waals surface area contributed by atoms with Crippen molar-refractivity contribution in [1.82, 2.24) is 0 Å². The standard InChI is InChI=1S/C12H15BrN2O2/c1-12(2,6-16)11(15)8-3-7(5-14)4-9(13)10(8)17/h3-4,11,16-17H,6,15H2,1-2H3/t11-/m1/s1. The summed E-state index contributed by atoms with van der Waals surface area (Å²) in [7, 11) is 0. The molecule has 0 aliphatic heterocycles. The molecular weight excluding hydrogens is 284 g/mol. The largest absolute Gasteiger partial charge is 0.506 e. The monoisotopic (exact) mass is 298 g/mol. The highest BCUT2D eigenvalue weighted by atomic mass is 79.9. The highest BCUT2D eigenvalue weighted by Gasteiger charge is 2.29. The number of phenols is 1. The van der Waals surface area contributed by atoms with Gasteiger partial charge in [-0.15, -0.1) is 0 Å². The molecule has 0 saturated carbocycles. The van der Waals surface area contributed by atoms with Crippen LogP contribution in [0.15, 0.2) is 16.6 Å². The Bertz CT molecular complexity index is 466. The van der Waals surface area contributed by atoms with E-state index in [4.69, 9.17) is 11.0 Å². The summed E-state index contributed by atoms with van der Waals surface area (Å²) >= 11 is 3.18. The van der Waals surface area contributed by atoms with Crippen molar-refractivity contribution >= 4 is 15.9 Å². The van der Waals surface area contributed by atoms with Crippen molar-refractivity contribution in [1.29, 1.82) is 5.26 Å². The van der Waals surface area contributed by atoms with Gasteiger partial charge in [-0.2, -0.15) is 5.26 Å². The Labute approximate surface area is 109 Å². The van der Waals surface area contributed by atoms with Crippen LogP contribution in [0.1, 0.15) is 31.0 Å². The summed E-state index contributed by atoms with van der Waals surface area (Å²) in [6.07, 6.45) is 0. The first-order chi connectivity index (χ1) is 7.83. The number of nitriles is 1. The van der Waals surface area contributed by atoms with E-state index >= 15 is 0 Å². The fourth-order valence-corrected chi connectivity index (χ4v) is 1.92. The minimum absolute atomic E-state index is 0.0121. The molecule has 1 rings (SSSR count). The minimum Gasteiger partial charge on any atom is -0.506 e. The molecule has 0 aliphatic carbocycles. The number of rotatable bonds is 3. The molecule has 0 unspecified atom stereocenters. The quantitative estimate of drug-likeness (QED) is 0.796. The van der Waals surface area contributed by atoms with Gasteiger partial charge in [0.25, 0.3) is 0 Å². The van der Waals surface area contributed by atoms with E-state index in [1.54, 1.807) is 19.9 Å². The zero-order valence-corrected chi connectivity index (χ0v) is 11.3. The van der Waals surface area contributed by atoms with Crippen LogP contribution in [-0.2, 0) is 0 Å². The lowest BCUT2D eigenvalue weighted by Gasteiger charge is -2.30. The predicted molar refractivity (Wildman–Crippen MR) is 68.3 cm³/mol. The molecular formula is C12H15BrN2O2. The Kier molecular flexibility index (Phi) is 4.15. The molecule has 1 atom stereocenters. The van der Waals surface area contributed by atoms with E-state index in [0.29, 0.717) is 15.6 Å². The first kappa shape index (κ1) is 14.0. The third kappa shape index (κ3) is 2.78. The average Bonchev–Trinajstić information content (AvgIpc) is 2.31. The normalized spacial score (nSPS) is 13.2. The van der Waals surface area contributed by atoms with Crippen molar-refractivity contribution in [3.8, 4) is 11.8 Å². The second-order valence-electron chi connectivity index (χ2n) is 4.63. The lowest BCUT2D eigenvalue weighted by Crippen LogP contribution is -2.32. The van der Waals surface area contributed by atoms with Crippen molar-refractivity contribution in [2.75, 3.05) is 6.61 Å². The third-order valence-corrected chi connectivity index (χ3v) is 3.41. The summed E-state index contributed by atoms with van der Waals surface area (Å²) in [5.41, 5.74) is 6.31. The van der Waals surface area contributed by atoms with Gasteiger partial charge in [0.2, 0.25) is 0 Å². The number of hydrogen-bond donors (Lipinski definition) is 3. The van der Waals surface area contributed by atoms with Crippen molar-refractivity contribution in [2.45, 2.75) is 19.9 Å². The number of benzene rings is 1. The molecule has 0 saturated heterocycles. The van der Waals surface area contributed by atoms with Gasteiger partial charge in [-0.1, -0.05) is 13.8 Å². The van der Waals surface area contributed by atoms with E-state index in [2.05, 4.69) is 15.9 Å². The van der Waals surface area contributed by atoms with Gasteiger partial charge in [0.1, 0.15) is 5.75 Å². The van der Waals surface area contributed by atoms with Crippen molar-refractivity contribution in [3.05, 3.63) is 27.7 Å². The minimum atomic E-state index is -0.578. The topological polar surface area (TPSA) is 90.3 Å². The van der Waals surface area contributed by atoms with Gasteiger partial charge in [0.15, 0.2) is 0 Å². The summed E-state index contributed by atoms with van der Waals surface area (Å²) in [5.74, 6) is 0.0121. The van der Waals surface area contributed by atoms with Crippen molar-refractivity contribution in [3.63, 3.8) is 0 Å². The lowest BCUT2D eigenvalue weighted by atomic mass is 9.81. The maximum absolute atomic E-state index is 9.93. The molecule has 4 N–H and O–H groups in total. The molecule has 1 aromatic carbocycles. The Morgan fingerprint density at radius 2 is 2.12 bits per heavy atom. The Balaban J connectivity index is 3.32. The average molecular weight is 299 g/mol. The second kappa shape index (κ2) is 5.05. The van der Waals surface area contributed by atoms with Crippen LogP contribution < -0.4 is 5.73 Å². The van der Waals surface area contributed by atoms with E-state index < -0.39 is 11.5 Å². The Hall–Kier alpha value is -1.09. The molecule has 5 heteroatoms. The van der Waals surface area contributed by atoms with Crippen LogP contribution in [0, 0.1) is 16.7 Å². The predicted octanol–water partition coefficient (Wildman–Crippen LogP) is 2.04. The first-order valence-electron chi connectivity index (χ1n) is 5.12. The molecule has 0 fully saturated rings. The number of phenolic OH excluding ortho intramolecular Hbond substituents is 1. The zero-order chi connectivity index (χ0) is 13.2. The fourth-order valence-electron chi connectivity index (χ4n) is 1.44. The third-order valence-electron chi connectivity index (χ3n) is 2.81. The van der Waals surface area contributed by atoms with Crippen molar-refractivity contribution < 1.29 is 10.2 Å². The van der Waals surface area contributed by atoms with E-state index in [1.807, 2.05) is 6.07 Å². The van der Waals surface area contributed by atoms with Gasteiger partial charge in [-0.05, 0) is 28.1 Å². The zero-order valence-electron chi connectivity index (χ0n) is 9.74. The van der Waals surface area contributed by atoms with Crippen LogP contribution >= 0.6 is 15.9 Å².